The molecule has 106 valence electrons. The maximum Gasteiger partial charge on any atom is 0.407 e. The van der Waals surface area contributed by atoms with Gasteiger partial charge in [0.25, 0.3) is 0 Å². The van der Waals surface area contributed by atoms with E-state index in [0.29, 0.717) is 6.42 Å². The van der Waals surface area contributed by atoms with Gasteiger partial charge in [0.05, 0.1) is 12.6 Å². The predicted molar refractivity (Wildman–Crippen MR) is 72.8 cm³/mol. The van der Waals surface area contributed by atoms with Crippen molar-refractivity contribution in [1.82, 2.24) is 10.3 Å². The molecule has 1 unspecified atom stereocenters. The number of aryl methyl sites for hydroxylation is 1. The summed E-state index contributed by atoms with van der Waals surface area (Å²) in [6.07, 6.45) is 4.37. The monoisotopic (exact) mass is 266 g/mol. The largest absolute Gasteiger partial charge is 0.444 e. The summed E-state index contributed by atoms with van der Waals surface area (Å²) >= 11 is 0. The van der Waals surface area contributed by atoms with Gasteiger partial charge in [-0.25, -0.2) is 4.79 Å². The molecule has 5 nitrogen and oxygen atoms in total. The van der Waals surface area contributed by atoms with Gasteiger partial charge in [-0.15, -0.1) is 0 Å². The van der Waals surface area contributed by atoms with Gasteiger partial charge < -0.3 is 15.2 Å². The number of hydrogen-bond donors (Lipinski definition) is 2. The van der Waals surface area contributed by atoms with Gasteiger partial charge in [0, 0.05) is 12.4 Å². The van der Waals surface area contributed by atoms with Crippen molar-refractivity contribution in [2.24, 2.45) is 0 Å². The standard InChI is InChI=1S/C14H22N2O3/c1-14(2,3)19-13(18)16-12(10-17)5-4-11-6-8-15-9-7-11/h6-9,12,17H,4-5,10H2,1-3H3,(H,16,18). The van der Waals surface area contributed by atoms with Gasteiger partial charge in [-0.2, -0.15) is 0 Å². The maximum absolute atomic E-state index is 11.6. The number of rotatable bonds is 5. The van der Waals surface area contributed by atoms with Crippen LogP contribution in [-0.4, -0.2) is 34.4 Å². The maximum atomic E-state index is 11.6. The van der Waals surface area contributed by atoms with E-state index in [1.54, 1.807) is 33.2 Å². The summed E-state index contributed by atoms with van der Waals surface area (Å²) in [5.74, 6) is 0. The minimum absolute atomic E-state index is 0.107. The van der Waals surface area contributed by atoms with E-state index in [-0.39, 0.29) is 12.6 Å². The van der Waals surface area contributed by atoms with E-state index in [2.05, 4.69) is 10.3 Å². The van der Waals surface area contributed by atoms with Crippen LogP contribution >= 0.6 is 0 Å². The molecular formula is C14H22N2O3. The summed E-state index contributed by atoms with van der Waals surface area (Å²) < 4.78 is 5.15. The van der Waals surface area contributed by atoms with Crippen LogP contribution in [0.5, 0.6) is 0 Å². The summed E-state index contributed by atoms with van der Waals surface area (Å²) in [4.78, 5) is 15.5. The molecule has 0 aliphatic heterocycles. The number of nitrogens with one attached hydrogen (secondary N) is 1. The number of hydrogen-bond acceptors (Lipinski definition) is 4. The highest BCUT2D eigenvalue weighted by molar-refractivity contribution is 5.68. The molecule has 1 atom stereocenters. The molecule has 0 aliphatic rings. The minimum atomic E-state index is -0.533. The van der Waals surface area contributed by atoms with E-state index in [0.717, 1.165) is 12.0 Å². The first kappa shape index (κ1) is 15.4. The minimum Gasteiger partial charge on any atom is -0.444 e. The van der Waals surface area contributed by atoms with Crippen LogP contribution in [0.4, 0.5) is 4.79 Å². The van der Waals surface area contributed by atoms with Crippen molar-refractivity contribution in [3.05, 3.63) is 30.1 Å². The number of aliphatic hydroxyl groups is 1. The molecule has 0 radical (unpaired) electrons. The second-order valence-corrected chi connectivity index (χ2v) is 5.42. The molecular weight excluding hydrogens is 244 g/mol. The molecule has 1 aromatic rings. The zero-order valence-electron chi connectivity index (χ0n) is 11.7. The fourth-order valence-corrected chi connectivity index (χ4v) is 1.57. The molecule has 0 spiro atoms. The second-order valence-electron chi connectivity index (χ2n) is 5.42. The third-order valence-corrected chi connectivity index (χ3v) is 2.47. The lowest BCUT2D eigenvalue weighted by molar-refractivity contribution is 0.0479. The number of amides is 1. The lowest BCUT2D eigenvalue weighted by Crippen LogP contribution is -2.41. The zero-order valence-corrected chi connectivity index (χ0v) is 11.7. The van der Waals surface area contributed by atoms with Gasteiger partial charge in [0.1, 0.15) is 5.60 Å². The fourth-order valence-electron chi connectivity index (χ4n) is 1.57. The Labute approximate surface area is 114 Å². The number of ether oxygens (including phenoxy) is 1. The van der Waals surface area contributed by atoms with Crippen molar-refractivity contribution in [2.75, 3.05) is 6.61 Å². The molecule has 0 saturated carbocycles. The molecule has 1 amide bonds. The van der Waals surface area contributed by atoms with Crippen LogP contribution in [0.2, 0.25) is 0 Å². The van der Waals surface area contributed by atoms with Crippen molar-refractivity contribution in [2.45, 2.75) is 45.3 Å². The van der Waals surface area contributed by atoms with Crippen LogP contribution in [0.25, 0.3) is 0 Å². The van der Waals surface area contributed by atoms with Crippen molar-refractivity contribution in [1.29, 1.82) is 0 Å². The average molecular weight is 266 g/mol. The van der Waals surface area contributed by atoms with Crippen molar-refractivity contribution in [3.8, 4) is 0 Å². The Bertz CT molecular complexity index is 387. The highest BCUT2D eigenvalue weighted by Crippen LogP contribution is 2.08. The van der Waals surface area contributed by atoms with Crippen LogP contribution in [0.1, 0.15) is 32.8 Å². The summed E-state index contributed by atoms with van der Waals surface area (Å²) in [6, 6.07) is 3.53. The number of aromatic nitrogens is 1. The van der Waals surface area contributed by atoms with Gasteiger partial charge in [-0.3, -0.25) is 4.98 Å². The summed E-state index contributed by atoms with van der Waals surface area (Å²) in [5, 5.41) is 11.9. The van der Waals surface area contributed by atoms with Crippen LogP contribution in [0.3, 0.4) is 0 Å². The Hall–Kier alpha value is -1.62. The predicted octanol–water partition coefficient (Wildman–Crippen LogP) is 1.90. The Morgan fingerprint density at radius 2 is 2.05 bits per heavy atom. The first-order valence-corrected chi connectivity index (χ1v) is 6.40. The molecule has 1 heterocycles. The lowest BCUT2D eigenvalue weighted by Gasteiger charge is -2.22. The molecule has 0 saturated heterocycles. The highest BCUT2D eigenvalue weighted by atomic mass is 16.6. The van der Waals surface area contributed by atoms with E-state index in [1.807, 2.05) is 12.1 Å². The number of alkyl carbamates (subject to hydrolysis) is 1. The zero-order chi connectivity index (χ0) is 14.3. The van der Waals surface area contributed by atoms with Gasteiger partial charge in [-0.05, 0) is 51.3 Å². The Balaban J connectivity index is 2.39. The van der Waals surface area contributed by atoms with E-state index >= 15 is 0 Å². The van der Waals surface area contributed by atoms with Crippen molar-refractivity contribution in [3.63, 3.8) is 0 Å². The smallest absolute Gasteiger partial charge is 0.407 e. The third kappa shape index (κ3) is 6.76. The van der Waals surface area contributed by atoms with Crippen LogP contribution in [-0.2, 0) is 11.2 Å². The van der Waals surface area contributed by atoms with Gasteiger partial charge in [0.2, 0.25) is 0 Å². The SMILES string of the molecule is CC(C)(C)OC(=O)NC(CO)CCc1ccncc1. The number of aliphatic hydroxyl groups excluding tert-OH is 1. The molecule has 1 rings (SSSR count). The topological polar surface area (TPSA) is 71.5 Å². The van der Waals surface area contributed by atoms with Crippen LogP contribution in [0, 0.1) is 0 Å². The van der Waals surface area contributed by atoms with Gasteiger partial charge in [0.15, 0.2) is 0 Å². The molecule has 0 fully saturated rings. The molecule has 0 bridgehead atoms. The second kappa shape index (κ2) is 7.09. The molecule has 5 heteroatoms. The average Bonchev–Trinajstić information content (AvgIpc) is 2.33. The molecule has 2 N–H and O–H groups in total. The van der Waals surface area contributed by atoms with E-state index < -0.39 is 11.7 Å². The molecule has 0 aliphatic carbocycles. The number of carbonyl (C=O) groups is 1. The third-order valence-electron chi connectivity index (χ3n) is 2.47. The molecule has 0 aromatic carbocycles. The molecule has 1 aromatic heterocycles. The number of carbonyl (C=O) groups excluding carboxylic acids is 1. The highest BCUT2D eigenvalue weighted by Gasteiger charge is 2.18. The van der Waals surface area contributed by atoms with Crippen LogP contribution < -0.4 is 5.32 Å². The Morgan fingerprint density at radius 1 is 1.42 bits per heavy atom. The Kier molecular flexibility index (Phi) is 5.76. The number of pyridine rings is 1. The summed E-state index contributed by atoms with van der Waals surface area (Å²) in [7, 11) is 0. The van der Waals surface area contributed by atoms with Crippen molar-refractivity contribution < 1.29 is 14.6 Å². The summed E-state index contributed by atoms with van der Waals surface area (Å²) in [6.45, 7) is 5.30. The van der Waals surface area contributed by atoms with E-state index in [1.165, 1.54) is 0 Å². The van der Waals surface area contributed by atoms with Crippen molar-refractivity contribution >= 4 is 6.09 Å². The van der Waals surface area contributed by atoms with Gasteiger partial charge in [-0.1, -0.05) is 0 Å². The van der Waals surface area contributed by atoms with Crippen LogP contribution in [0.15, 0.2) is 24.5 Å². The van der Waals surface area contributed by atoms with E-state index in [9.17, 15) is 9.90 Å². The Morgan fingerprint density at radius 3 is 2.58 bits per heavy atom. The summed E-state index contributed by atoms with van der Waals surface area (Å²) in [5.41, 5.74) is 0.592. The molecule has 19 heavy (non-hydrogen) atoms. The van der Waals surface area contributed by atoms with E-state index in [4.69, 9.17) is 4.74 Å². The fraction of sp³-hybridized carbons (Fsp3) is 0.571. The first-order chi connectivity index (χ1) is 8.90. The first-order valence-electron chi connectivity index (χ1n) is 6.40. The van der Waals surface area contributed by atoms with Gasteiger partial charge >= 0.3 is 6.09 Å². The normalized spacial score (nSPS) is 12.8. The quantitative estimate of drug-likeness (QED) is 0.854. The number of nitrogens with zero attached hydrogens (tertiary/aromatic N) is 1. The lowest BCUT2D eigenvalue weighted by atomic mass is 10.1.